The van der Waals surface area contributed by atoms with E-state index in [0.29, 0.717) is 5.69 Å². The minimum absolute atomic E-state index is 0.0404. The molecule has 162 valence electrons. The number of anilines is 1. The van der Waals surface area contributed by atoms with E-state index >= 15 is 0 Å². The van der Waals surface area contributed by atoms with Crippen LogP contribution in [0.15, 0.2) is 65.6 Å². The van der Waals surface area contributed by atoms with Gasteiger partial charge >= 0.3 is 0 Å². The van der Waals surface area contributed by atoms with Crippen molar-refractivity contribution in [2.75, 3.05) is 4.72 Å². The molecule has 0 aliphatic rings. The zero-order valence-corrected chi connectivity index (χ0v) is 19.4. The Bertz CT molecular complexity index is 1220. The maximum atomic E-state index is 12.9. The van der Waals surface area contributed by atoms with E-state index in [1.54, 1.807) is 24.3 Å². The van der Waals surface area contributed by atoms with Gasteiger partial charge in [-0.05, 0) is 69.2 Å². The molecule has 1 atom stereocenters. The molecule has 0 saturated carbocycles. The number of nitrogens with one attached hydrogen (secondary N) is 2. The van der Waals surface area contributed by atoms with Crippen molar-refractivity contribution < 1.29 is 13.2 Å². The van der Waals surface area contributed by atoms with Crippen molar-refractivity contribution in [3.8, 4) is 0 Å². The molecule has 0 aliphatic heterocycles. The summed E-state index contributed by atoms with van der Waals surface area (Å²) in [7, 11) is -3.97. The Balaban J connectivity index is 1.84. The van der Waals surface area contributed by atoms with Gasteiger partial charge in [0.15, 0.2) is 0 Å². The predicted octanol–water partition coefficient (Wildman–Crippen LogP) is 5.56. The molecule has 0 aliphatic carbocycles. The molecule has 2 N–H and O–H groups in total. The van der Waals surface area contributed by atoms with Gasteiger partial charge in [-0.25, -0.2) is 8.42 Å². The number of amides is 1. The van der Waals surface area contributed by atoms with Gasteiger partial charge in [0.25, 0.3) is 15.9 Å². The third-order valence-corrected chi connectivity index (χ3v) is 6.89. The van der Waals surface area contributed by atoms with E-state index in [2.05, 4.69) is 16.1 Å². The smallest absolute Gasteiger partial charge is 0.263 e. The van der Waals surface area contributed by atoms with E-state index < -0.39 is 10.0 Å². The fourth-order valence-electron chi connectivity index (χ4n) is 3.35. The van der Waals surface area contributed by atoms with E-state index in [1.165, 1.54) is 18.2 Å². The Morgan fingerprint density at radius 3 is 2.19 bits per heavy atom. The number of rotatable bonds is 6. The summed E-state index contributed by atoms with van der Waals surface area (Å²) in [5.41, 5.74) is 4.87. The molecule has 0 heterocycles. The van der Waals surface area contributed by atoms with Crippen molar-refractivity contribution in [1.29, 1.82) is 0 Å². The highest BCUT2D eigenvalue weighted by Gasteiger charge is 2.21. The lowest BCUT2D eigenvalue weighted by Crippen LogP contribution is -2.27. The number of carbonyl (C=O) groups excluding carboxylic acids is 1. The van der Waals surface area contributed by atoms with Gasteiger partial charge in [0.1, 0.15) is 4.90 Å². The number of sulfonamides is 1. The molecule has 0 radical (unpaired) electrons. The topological polar surface area (TPSA) is 75.3 Å². The summed E-state index contributed by atoms with van der Waals surface area (Å²) in [5, 5.41) is 2.97. The van der Waals surface area contributed by atoms with E-state index in [1.807, 2.05) is 39.8 Å². The first kappa shape index (κ1) is 22.8. The van der Waals surface area contributed by atoms with Crippen molar-refractivity contribution in [1.82, 2.24) is 5.32 Å². The second kappa shape index (κ2) is 9.12. The van der Waals surface area contributed by atoms with Gasteiger partial charge in [-0.2, -0.15) is 0 Å². The highest BCUT2D eigenvalue weighted by Crippen LogP contribution is 2.26. The Morgan fingerprint density at radius 1 is 0.903 bits per heavy atom. The molecule has 0 saturated heterocycles. The number of hydrogen-bond acceptors (Lipinski definition) is 3. The zero-order chi connectivity index (χ0) is 22.8. The standard InChI is InChI=1S/C24H25ClN2O3S/c1-15-5-9-20(10-6-15)27-31(29,30)23-14-19(8-12-22(23)25)24(28)26-18(4)21-11-7-16(2)13-17(21)3/h5-14,18,27H,1-4H3,(H,26,28)/t18-/m1/s1. The summed E-state index contributed by atoms with van der Waals surface area (Å²) in [6, 6.07) is 17.0. The van der Waals surface area contributed by atoms with Crippen molar-refractivity contribution in [2.45, 2.75) is 38.6 Å². The maximum absolute atomic E-state index is 12.9. The normalized spacial score (nSPS) is 12.3. The number of hydrogen-bond donors (Lipinski definition) is 2. The summed E-state index contributed by atoms with van der Waals surface area (Å²) in [6.45, 7) is 7.81. The molecule has 0 spiro atoms. The fourth-order valence-corrected chi connectivity index (χ4v) is 4.94. The van der Waals surface area contributed by atoms with Crippen LogP contribution in [-0.4, -0.2) is 14.3 Å². The molecule has 3 aromatic rings. The largest absolute Gasteiger partial charge is 0.346 e. The molecule has 5 nitrogen and oxygen atoms in total. The Morgan fingerprint density at radius 2 is 1.55 bits per heavy atom. The second-order valence-electron chi connectivity index (χ2n) is 7.67. The van der Waals surface area contributed by atoms with Gasteiger partial charge in [0.05, 0.1) is 11.1 Å². The van der Waals surface area contributed by atoms with Crippen LogP contribution in [0.1, 0.15) is 45.6 Å². The minimum atomic E-state index is -3.97. The monoisotopic (exact) mass is 456 g/mol. The number of carbonyl (C=O) groups is 1. The van der Waals surface area contributed by atoms with Crippen LogP contribution in [0.2, 0.25) is 5.02 Å². The third-order valence-electron chi connectivity index (χ3n) is 5.03. The van der Waals surface area contributed by atoms with Gasteiger partial charge in [-0.3, -0.25) is 9.52 Å². The third kappa shape index (κ3) is 5.46. The molecule has 0 unspecified atom stereocenters. The molecular weight excluding hydrogens is 432 g/mol. The first-order valence-electron chi connectivity index (χ1n) is 9.84. The number of halogens is 1. The quantitative estimate of drug-likeness (QED) is 0.510. The fraction of sp³-hybridized carbons (Fsp3) is 0.208. The van der Waals surface area contributed by atoms with Gasteiger partial charge in [-0.15, -0.1) is 0 Å². The Hall–Kier alpha value is -2.83. The summed E-state index contributed by atoms with van der Waals surface area (Å²) in [5.74, 6) is -0.379. The molecular formula is C24H25ClN2O3S. The van der Waals surface area contributed by atoms with E-state index in [4.69, 9.17) is 11.6 Å². The van der Waals surface area contributed by atoms with Crippen molar-refractivity contribution in [3.05, 3.63) is 93.5 Å². The summed E-state index contributed by atoms with van der Waals surface area (Å²) in [4.78, 5) is 12.7. The lowest BCUT2D eigenvalue weighted by atomic mass is 10.00. The van der Waals surface area contributed by atoms with Crippen molar-refractivity contribution in [3.63, 3.8) is 0 Å². The lowest BCUT2D eigenvalue weighted by Gasteiger charge is -2.18. The maximum Gasteiger partial charge on any atom is 0.263 e. The second-order valence-corrected chi connectivity index (χ2v) is 9.73. The first-order chi connectivity index (χ1) is 14.6. The van der Waals surface area contributed by atoms with Gasteiger partial charge in [0, 0.05) is 11.3 Å². The van der Waals surface area contributed by atoms with Crippen LogP contribution < -0.4 is 10.0 Å². The highest BCUT2D eigenvalue weighted by atomic mass is 35.5. The molecule has 0 bridgehead atoms. The van der Waals surface area contributed by atoms with E-state index in [0.717, 1.165) is 22.3 Å². The minimum Gasteiger partial charge on any atom is -0.346 e. The van der Waals surface area contributed by atoms with E-state index in [9.17, 15) is 13.2 Å². The number of benzene rings is 3. The lowest BCUT2D eigenvalue weighted by molar-refractivity contribution is 0.0939. The van der Waals surface area contributed by atoms with Crippen molar-refractivity contribution in [2.24, 2.45) is 0 Å². The Kier molecular flexibility index (Phi) is 6.72. The van der Waals surface area contributed by atoms with Crippen LogP contribution >= 0.6 is 11.6 Å². The van der Waals surface area contributed by atoms with Crippen molar-refractivity contribution >= 4 is 33.2 Å². The highest BCUT2D eigenvalue weighted by molar-refractivity contribution is 7.92. The molecule has 0 aromatic heterocycles. The SMILES string of the molecule is Cc1ccc(NS(=O)(=O)c2cc(C(=O)N[C@H](C)c3ccc(C)cc3C)ccc2Cl)cc1. The van der Waals surface area contributed by atoms with Crippen LogP contribution in [0.25, 0.3) is 0 Å². The molecule has 31 heavy (non-hydrogen) atoms. The Labute approximate surface area is 188 Å². The van der Waals surface area contributed by atoms with Crippen LogP contribution in [-0.2, 0) is 10.0 Å². The molecule has 3 aromatic carbocycles. The first-order valence-corrected chi connectivity index (χ1v) is 11.7. The summed E-state index contributed by atoms with van der Waals surface area (Å²) >= 11 is 6.16. The molecule has 3 rings (SSSR count). The van der Waals surface area contributed by atoms with Crippen LogP contribution in [0.5, 0.6) is 0 Å². The average molecular weight is 457 g/mol. The molecule has 0 fully saturated rings. The zero-order valence-electron chi connectivity index (χ0n) is 17.9. The van der Waals surface area contributed by atoms with Gasteiger partial charge < -0.3 is 5.32 Å². The summed E-state index contributed by atoms with van der Waals surface area (Å²) in [6.07, 6.45) is 0. The van der Waals surface area contributed by atoms with Crippen LogP contribution in [0.3, 0.4) is 0 Å². The summed E-state index contributed by atoms with van der Waals surface area (Å²) < 4.78 is 28.3. The number of aryl methyl sites for hydroxylation is 3. The van der Waals surface area contributed by atoms with E-state index in [-0.39, 0.29) is 27.4 Å². The van der Waals surface area contributed by atoms with Crippen LogP contribution in [0.4, 0.5) is 5.69 Å². The van der Waals surface area contributed by atoms with Crippen LogP contribution in [0, 0.1) is 20.8 Å². The molecule has 1 amide bonds. The van der Waals surface area contributed by atoms with Gasteiger partial charge in [-0.1, -0.05) is 53.1 Å². The average Bonchev–Trinajstić information content (AvgIpc) is 2.69. The predicted molar refractivity (Wildman–Crippen MR) is 125 cm³/mol. The molecule has 7 heteroatoms. The van der Waals surface area contributed by atoms with Gasteiger partial charge in [0.2, 0.25) is 0 Å².